The summed E-state index contributed by atoms with van der Waals surface area (Å²) in [5.41, 5.74) is 1.83. The number of halogens is 2. The SMILES string of the molecule is CN(CCOc1ccc(-c2cc(Cl)c3cc(F)c(N(C)C)cc3n2)cn1)C(=O)OC(C)(C)C. The maximum atomic E-state index is 14.3. The van der Waals surface area contributed by atoms with Crippen LogP contribution in [0.15, 0.2) is 36.5 Å². The highest BCUT2D eigenvalue weighted by molar-refractivity contribution is 6.35. The third-order valence-corrected chi connectivity index (χ3v) is 5.04. The van der Waals surface area contributed by atoms with E-state index in [4.69, 9.17) is 21.1 Å². The van der Waals surface area contributed by atoms with Crippen molar-refractivity contribution in [2.24, 2.45) is 0 Å². The Bertz CT molecular complexity index is 1150. The Morgan fingerprint density at radius 3 is 2.48 bits per heavy atom. The van der Waals surface area contributed by atoms with E-state index in [-0.39, 0.29) is 12.4 Å². The van der Waals surface area contributed by atoms with E-state index in [9.17, 15) is 9.18 Å². The highest BCUT2D eigenvalue weighted by Gasteiger charge is 2.19. The quantitative estimate of drug-likeness (QED) is 0.476. The van der Waals surface area contributed by atoms with Crippen LogP contribution in [0, 0.1) is 5.82 Å². The van der Waals surface area contributed by atoms with Gasteiger partial charge in [0, 0.05) is 44.4 Å². The Kier molecular flexibility index (Phi) is 7.27. The summed E-state index contributed by atoms with van der Waals surface area (Å²) in [6.07, 6.45) is 1.22. The van der Waals surface area contributed by atoms with E-state index >= 15 is 0 Å². The van der Waals surface area contributed by atoms with Crippen molar-refractivity contribution >= 4 is 34.3 Å². The third kappa shape index (κ3) is 6.22. The zero-order valence-corrected chi connectivity index (χ0v) is 20.4. The molecule has 0 unspecified atom stereocenters. The number of nitrogens with zero attached hydrogens (tertiary/aromatic N) is 4. The van der Waals surface area contributed by atoms with Gasteiger partial charge in [-0.05, 0) is 45.0 Å². The molecule has 7 nitrogen and oxygen atoms in total. The molecule has 0 atom stereocenters. The van der Waals surface area contributed by atoms with E-state index in [1.807, 2.05) is 26.8 Å². The third-order valence-electron chi connectivity index (χ3n) is 4.72. The molecule has 2 heterocycles. The van der Waals surface area contributed by atoms with Gasteiger partial charge in [-0.2, -0.15) is 0 Å². The van der Waals surface area contributed by atoms with Crippen LogP contribution in [0.5, 0.6) is 5.88 Å². The number of carbonyl (C=O) groups excluding carboxylic acids is 1. The molecule has 0 aliphatic carbocycles. The molecular formula is C24H28ClFN4O3. The monoisotopic (exact) mass is 474 g/mol. The Balaban J connectivity index is 1.69. The smallest absolute Gasteiger partial charge is 0.410 e. The van der Waals surface area contributed by atoms with E-state index in [1.165, 1.54) is 11.0 Å². The molecule has 2 aromatic heterocycles. The van der Waals surface area contributed by atoms with Crippen LogP contribution < -0.4 is 9.64 Å². The maximum Gasteiger partial charge on any atom is 0.410 e. The average molecular weight is 475 g/mol. The van der Waals surface area contributed by atoms with Gasteiger partial charge in [-0.25, -0.2) is 19.2 Å². The van der Waals surface area contributed by atoms with Gasteiger partial charge >= 0.3 is 6.09 Å². The second-order valence-corrected chi connectivity index (χ2v) is 9.25. The number of benzene rings is 1. The Labute approximate surface area is 198 Å². The van der Waals surface area contributed by atoms with Crippen LogP contribution in [0.2, 0.25) is 5.02 Å². The molecule has 0 bridgehead atoms. The van der Waals surface area contributed by atoms with Gasteiger partial charge in [-0.15, -0.1) is 0 Å². The number of fused-ring (bicyclic) bond motifs is 1. The number of ether oxygens (including phenoxy) is 2. The number of aromatic nitrogens is 2. The molecule has 1 aromatic carbocycles. The van der Waals surface area contributed by atoms with E-state index in [1.54, 1.807) is 50.4 Å². The number of pyridine rings is 2. The summed E-state index contributed by atoms with van der Waals surface area (Å²) < 4.78 is 25.3. The van der Waals surface area contributed by atoms with Crippen molar-refractivity contribution in [3.05, 3.63) is 47.4 Å². The fourth-order valence-electron chi connectivity index (χ4n) is 3.02. The molecule has 0 saturated heterocycles. The van der Waals surface area contributed by atoms with E-state index in [0.717, 1.165) is 5.56 Å². The van der Waals surface area contributed by atoms with Crippen LogP contribution in [-0.4, -0.2) is 60.9 Å². The second-order valence-electron chi connectivity index (χ2n) is 8.84. The number of rotatable bonds is 6. The minimum Gasteiger partial charge on any atom is -0.476 e. The van der Waals surface area contributed by atoms with Gasteiger partial charge in [0.1, 0.15) is 18.0 Å². The van der Waals surface area contributed by atoms with Crippen LogP contribution in [-0.2, 0) is 4.74 Å². The van der Waals surface area contributed by atoms with E-state index < -0.39 is 11.7 Å². The number of anilines is 1. The molecule has 9 heteroatoms. The highest BCUT2D eigenvalue weighted by Crippen LogP contribution is 2.32. The number of amides is 1. The largest absolute Gasteiger partial charge is 0.476 e. The summed E-state index contributed by atoms with van der Waals surface area (Å²) in [5, 5.41) is 0.954. The molecule has 0 saturated carbocycles. The summed E-state index contributed by atoms with van der Waals surface area (Å²) in [5.74, 6) is 0.0598. The average Bonchev–Trinajstić information content (AvgIpc) is 2.72. The highest BCUT2D eigenvalue weighted by atomic mass is 35.5. The maximum absolute atomic E-state index is 14.3. The van der Waals surface area contributed by atoms with Gasteiger partial charge in [-0.1, -0.05) is 11.6 Å². The minimum absolute atomic E-state index is 0.265. The molecule has 1 amide bonds. The molecule has 3 aromatic rings. The topological polar surface area (TPSA) is 67.8 Å². The predicted octanol–water partition coefficient (Wildman–Crippen LogP) is 5.40. The summed E-state index contributed by atoms with van der Waals surface area (Å²) in [4.78, 5) is 24.1. The van der Waals surface area contributed by atoms with Crippen molar-refractivity contribution in [3.8, 4) is 17.1 Å². The van der Waals surface area contributed by atoms with Crippen LogP contribution in [0.4, 0.5) is 14.9 Å². The lowest BCUT2D eigenvalue weighted by Gasteiger charge is -2.24. The van der Waals surface area contributed by atoms with Crippen LogP contribution in [0.25, 0.3) is 22.2 Å². The first-order chi connectivity index (χ1) is 15.4. The number of hydrogen-bond donors (Lipinski definition) is 0. The summed E-state index contributed by atoms with van der Waals surface area (Å²) in [7, 11) is 5.18. The van der Waals surface area contributed by atoms with Crippen molar-refractivity contribution in [1.29, 1.82) is 0 Å². The molecule has 0 radical (unpaired) electrons. The van der Waals surface area contributed by atoms with Crippen molar-refractivity contribution < 1.29 is 18.7 Å². The van der Waals surface area contributed by atoms with Crippen molar-refractivity contribution in [3.63, 3.8) is 0 Å². The molecule has 3 rings (SSSR count). The fourth-order valence-corrected chi connectivity index (χ4v) is 3.28. The van der Waals surface area contributed by atoms with E-state index in [0.29, 0.717) is 39.7 Å². The van der Waals surface area contributed by atoms with Crippen molar-refractivity contribution in [2.45, 2.75) is 26.4 Å². The first-order valence-electron chi connectivity index (χ1n) is 10.4. The Morgan fingerprint density at radius 1 is 1.15 bits per heavy atom. The predicted molar refractivity (Wildman–Crippen MR) is 129 cm³/mol. The van der Waals surface area contributed by atoms with Gasteiger partial charge in [0.05, 0.1) is 28.5 Å². The lowest BCUT2D eigenvalue weighted by molar-refractivity contribution is 0.0277. The normalized spacial score (nSPS) is 11.4. The lowest BCUT2D eigenvalue weighted by Crippen LogP contribution is -2.36. The van der Waals surface area contributed by atoms with Gasteiger partial charge in [0.2, 0.25) is 5.88 Å². The molecule has 0 N–H and O–H groups in total. The van der Waals surface area contributed by atoms with Gasteiger partial charge in [0.25, 0.3) is 0 Å². The summed E-state index contributed by atoms with van der Waals surface area (Å²) in [6, 6.07) is 8.30. The molecule has 176 valence electrons. The molecular weight excluding hydrogens is 447 g/mol. The first kappa shape index (κ1) is 24.5. The number of hydrogen-bond acceptors (Lipinski definition) is 6. The minimum atomic E-state index is -0.550. The zero-order valence-electron chi connectivity index (χ0n) is 19.6. The van der Waals surface area contributed by atoms with Gasteiger partial charge in [-0.3, -0.25) is 0 Å². The molecule has 0 fully saturated rings. The van der Waals surface area contributed by atoms with Crippen LogP contribution in [0.1, 0.15) is 20.8 Å². The Morgan fingerprint density at radius 2 is 1.88 bits per heavy atom. The van der Waals surface area contributed by atoms with Crippen LogP contribution in [0.3, 0.4) is 0 Å². The summed E-state index contributed by atoms with van der Waals surface area (Å²) >= 11 is 6.40. The number of likely N-dealkylation sites (N-methyl/N-ethyl adjacent to an activating group) is 1. The Hall–Kier alpha value is -3.13. The van der Waals surface area contributed by atoms with Crippen LogP contribution >= 0.6 is 11.6 Å². The fraction of sp³-hybridized carbons (Fsp3) is 0.375. The lowest BCUT2D eigenvalue weighted by atomic mass is 10.1. The van der Waals surface area contributed by atoms with Crippen molar-refractivity contribution in [2.75, 3.05) is 39.2 Å². The van der Waals surface area contributed by atoms with Crippen molar-refractivity contribution in [1.82, 2.24) is 14.9 Å². The van der Waals surface area contributed by atoms with Gasteiger partial charge in [0.15, 0.2) is 0 Å². The molecule has 0 spiro atoms. The molecule has 0 aliphatic heterocycles. The second kappa shape index (κ2) is 9.79. The standard InChI is InChI=1S/C24H28ClFN4O3/c1-24(2,3)33-23(31)30(6)9-10-32-22-8-7-15(14-27-22)19-12-17(25)16-11-18(26)21(29(4)5)13-20(16)28-19/h7-8,11-14H,9-10H2,1-6H3. The first-order valence-corrected chi connectivity index (χ1v) is 10.8. The van der Waals surface area contributed by atoms with E-state index in [2.05, 4.69) is 9.97 Å². The zero-order chi connectivity index (χ0) is 24.3. The van der Waals surface area contributed by atoms with Gasteiger partial charge < -0.3 is 19.3 Å². The molecule has 0 aliphatic rings. The summed E-state index contributed by atoms with van der Waals surface area (Å²) in [6.45, 7) is 6.07. The molecule has 33 heavy (non-hydrogen) atoms. The number of carbonyl (C=O) groups is 1.